The van der Waals surface area contributed by atoms with Gasteiger partial charge in [-0.25, -0.2) is 0 Å². The number of nitrogens with one attached hydrogen (secondary N) is 1. The second-order valence-electron chi connectivity index (χ2n) is 7.43. The van der Waals surface area contributed by atoms with Crippen molar-refractivity contribution in [2.45, 2.75) is 26.6 Å². The van der Waals surface area contributed by atoms with E-state index in [1.807, 2.05) is 12.1 Å². The summed E-state index contributed by atoms with van der Waals surface area (Å²) in [4.78, 5) is 0. The first-order valence-corrected chi connectivity index (χ1v) is 10.3. The topological polar surface area (TPSA) is 30.5 Å². The van der Waals surface area contributed by atoms with E-state index in [1.165, 1.54) is 33.0 Å². The van der Waals surface area contributed by atoms with Crippen molar-refractivity contribution in [3.8, 4) is 11.5 Å². The van der Waals surface area contributed by atoms with Crippen LogP contribution in [0.4, 0.5) is 0 Å². The third-order valence-corrected chi connectivity index (χ3v) is 5.43. The Morgan fingerprint density at radius 1 is 0.767 bits per heavy atom. The minimum Gasteiger partial charge on any atom is -0.497 e. The predicted octanol–water partition coefficient (Wildman–Crippen LogP) is 6.03. The first-order chi connectivity index (χ1) is 14.7. The van der Waals surface area contributed by atoms with E-state index in [2.05, 4.69) is 85.0 Å². The minimum absolute atomic E-state index is 0.566. The Labute approximate surface area is 178 Å². The van der Waals surface area contributed by atoms with E-state index in [-0.39, 0.29) is 0 Å². The van der Waals surface area contributed by atoms with Crippen LogP contribution in [0.5, 0.6) is 11.5 Å². The quantitative estimate of drug-likeness (QED) is 0.394. The standard InChI is InChI=1S/C27H27NO2/c1-20-7-3-4-9-23(20)19-30-27-16-13-22-8-5-6-10-25(22)26(27)18-28-17-21-11-14-24(29-2)15-12-21/h3-16,28H,17-19H2,1-2H3. The highest BCUT2D eigenvalue weighted by atomic mass is 16.5. The summed E-state index contributed by atoms with van der Waals surface area (Å²) in [6.07, 6.45) is 0. The van der Waals surface area contributed by atoms with Gasteiger partial charge in [0.15, 0.2) is 0 Å². The van der Waals surface area contributed by atoms with Crippen LogP contribution in [-0.2, 0) is 19.7 Å². The van der Waals surface area contributed by atoms with Gasteiger partial charge >= 0.3 is 0 Å². The summed E-state index contributed by atoms with van der Waals surface area (Å²) in [5, 5.41) is 6.02. The molecule has 0 saturated heterocycles. The molecule has 0 bridgehead atoms. The van der Waals surface area contributed by atoms with E-state index in [0.717, 1.165) is 24.6 Å². The van der Waals surface area contributed by atoms with Gasteiger partial charge in [0.05, 0.1) is 7.11 Å². The van der Waals surface area contributed by atoms with Gasteiger partial charge in [-0.1, -0.05) is 66.7 Å². The lowest BCUT2D eigenvalue weighted by molar-refractivity contribution is 0.302. The van der Waals surface area contributed by atoms with Crippen LogP contribution < -0.4 is 14.8 Å². The van der Waals surface area contributed by atoms with Crippen LogP contribution >= 0.6 is 0 Å². The zero-order valence-corrected chi connectivity index (χ0v) is 17.5. The van der Waals surface area contributed by atoms with Crippen LogP contribution in [0.2, 0.25) is 0 Å². The van der Waals surface area contributed by atoms with E-state index < -0.39 is 0 Å². The molecule has 30 heavy (non-hydrogen) atoms. The van der Waals surface area contributed by atoms with Gasteiger partial charge in [-0.05, 0) is 52.6 Å². The van der Waals surface area contributed by atoms with Crippen molar-refractivity contribution >= 4 is 10.8 Å². The molecular weight excluding hydrogens is 370 g/mol. The number of hydrogen-bond donors (Lipinski definition) is 1. The molecule has 3 heteroatoms. The summed E-state index contributed by atoms with van der Waals surface area (Å²) in [7, 11) is 1.69. The highest BCUT2D eigenvalue weighted by Gasteiger charge is 2.10. The molecule has 0 fully saturated rings. The highest BCUT2D eigenvalue weighted by Crippen LogP contribution is 2.29. The van der Waals surface area contributed by atoms with Gasteiger partial charge in [0.25, 0.3) is 0 Å². The van der Waals surface area contributed by atoms with Crippen molar-refractivity contribution in [1.29, 1.82) is 0 Å². The van der Waals surface area contributed by atoms with E-state index in [4.69, 9.17) is 9.47 Å². The number of methoxy groups -OCH3 is 1. The van der Waals surface area contributed by atoms with Gasteiger partial charge in [0, 0.05) is 18.7 Å². The summed E-state index contributed by atoms with van der Waals surface area (Å²) in [5.74, 6) is 1.80. The molecule has 0 spiro atoms. The third kappa shape index (κ3) is 4.64. The molecule has 0 amide bonds. The maximum atomic E-state index is 6.29. The lowest BCUT2D eigenvalue weighted by atomic mass is 10.0. The Morgan fingerprint density at radius 2 is 1.53 bits per heavy atom. The highest BCUT2D eigenvalue weighted by molar-refractivity contribution is 5.87. The van der Waals surface area contributed by atoms with Crippen molar-refractivity contribution in [1.82, 2.24) is 5.32 Å². The van der Waals surface area contributed by atoms with Crippen LogP contribution in [0.15, 0.2) is 84.9 Å². The van der Waals surface area contributed by atoms with Gasteiger partial charge in [0.2, 0.25) is 0 Å². The zero-order valence-electron chi connectivity index (χ0n) is 17.5. The number of rotatable bonds is 8. The third-order valence-electron chi connectivity index (χ3n) is 5.43. The first-order valence-electron chi connectivity index (χ1n) is 10.3. The molecule has 4 aromatic rings. The van der Waals surface area contributed by atoms with Gasteiger partial charge in [0.1, 0.15) is 18.1 Å². The molecule has 0 heterocycles. The molecule has 0 aliphatic heterocycles. The molecule has 0 unspecified atom stereocenters. The molecule has 4 aromatic carbocycles. The van der Waals surface area contributed by atoms with Crippen LogP contribution in [0, 0.1) is 6.92 Å². The first kappa shape index (κ1) is 20.0. The average molecular weight is 398 g/mol. The molecule has 0 aliphatic carbocycles. The Hall–Kier alpha value is -3.30. The summed E-state index contributed by atoms with van der Waals surface area (Å²) in [6, 6.07) is 29.2. The molecule has 0 saturated carbocycles. The summed E-state index contributed by atoms with van der Waals surface area (Å²) in [6.45, 7) is 4.20. The number of aryl methyl sites for hydroxylation is 1. The monoisotopic (exact) mass is 397 g/mol. The Morgan fingerprint density at radius 3 is 2.33 bits per heavy atom. The SMILES string of the molecule is COc1ccc(CNCc2c(OCc3ccccc3C)ccc3ccccc23)cc1. The molecular formula is C27H27NO2. The van der Waals surface area contributed by atoms with Crippen molar-refractivity contribution in [3.63, 3.8) is 0 Å². The maximum absolute atomic E-state index is 6.29. The van der Waals surface area contributed by atoms with Gasteiger partial charge in [-0.3, -0.25) is 0 Å². The Bertz CT molecular complexity index is 1120. The van der Waals surface area contributed by atoms with Gasteiger partial charge in [-0.15, -0.1) is 0 Å². The number of hydrogen-bond acceptors (Lipinski definition) is 3. The molecule has 4 rings (SSSR count). The molecule has 0 aliphatic rings. The van der Waals surface area contributed by atoms with E-state index >= 15 is 0 Å². The van der Waals surface area contributed by atoms with Crippen molar-refractivity contribution in [2.24, 2.45) is 0 Å². The Kier molecular flexibility index (Phi) is 6.31. The molecule has 3 nitrogen and oxygen atoms in total. The number of benzene rings is 4. The van der Waals surface area contributed by atoms with Crippen molar-refractivity contribution in [3.05, 3.63) is 107 Å². The predicted molar refractivity (Wildman–Crippen MR) is 123 cm³/mol. The minimum atomic E-state index is 0.566. The largest absolute Gasteiger partial charge is 0.497 e. The van der Waals surface area contributed by atoms with Crippen LogP contribution in [0.1, 0.15) is 22.3 Å². The fourth-order valence-corrected chi connectivity index (χ4v) is 3.64. The summed E-state index contributed by atoms with van der Waals surface area (Å²) in [5.41, 5.74) is 4.87. The summed E-state index contributed by atoms with van der Waals surface area (Å²) < 4.78 is 11.5. The second kappa shape index (κ2) is 9.47. The van der Waals surface area contributed by atoms with Crippen LogP contribution in [-0.4, -0.2) is 7.11 Å². The lowest BCUT2D eigenvalue weighted by Crippen LogP contribution is -2.14. The van der Waals surface area contributed by atoms with E-state index in [9.17, 15) is 0 Å². The smallest absolute Gasteiger partial charge is 0.124 e. The maximum Gasteiger partial charge on any atom is 0.124 e. The molecule has 152 valence electrons. The second-order valence-corrected chi connectivity index (χ2v) is 7.43. The van der Waals surface area contributed by atoms with Gasteiger partial charge in [-0.2, -0.15) is 0 Å². The number of fused-ring (bicyclic) bond motifs is 1. The molecule has 0 radical (unpaired) electrons. The zero-order chi connectivity index (χ0) is 20.8. The average Bonchev–Trinajstić information content (AvgIpc) is 2.79. The van der Waals surface area contributed by atoms with Crippen molar-refractivity contribution in [2.75, 3.05) is 7.11 Å². The van der Waals surface area contributed by atoms with E-state index in [0.29, 0.717) is 6.61 Å². The lowest BCUT2D eigenvalue weighted by Gasteiger charge is -2.16. The number of ether oxygens (including phenoxy) is 2. The molecule has 0 atom stereocenters. The van der Waals surface area contributed by atoms with Crippen molar-refractivity contribution < 1.29 is 9.47 Å². The normalized spacial score (nSPS) is 10.9. The van der Waals surface area contributed by atoms with Gasteiger partial charge < -0.3 is 14.8 Å². The molecule has 0 aromatic heterocycles. The van der Waals surface area contributed by atoms with E-state index in [1.54, 1.807) is 7.11 Å². The fourth-order valence-electron chi connectivity index (χ4n) is 3.64. The summed E-state index contributed by atoms with van der Waals surface area (Å²) >= 11 is 0. The molecule has 1 N–H and O–H groups in total. The van der Waals surface area contributed by atoms with Crippen LogP contribution in [0.25, 0.3) is 10.8 Å². The fraction of sp³-hybridized carbons (Fsp3) is 0.185. The van der Waals surface area contributed by atoms with Crippen LogP contribution in [0.3, 0.4) is 0 Å². The Balaban J connectivity index is 1.53.